The summed E-state index contributed by atoms with van der Waals surface area (Å²) in [6.07, 6.45) is 8.92. The standard InChI is InChI=1S/C12H14ClN3O2.C6H4ClN3.C6H11ClO2.C4H8O.Na.H/c1-12(2,3)11(17)18-7-16-5-4-8-9(13)14-6-15-10(8)16;7-5-4-1-2-8-6(4)10-3-9-5;1-6(2,3)5(8)9-4-7;1-2-4-5-3-1;;/h4-6H,7H2,1-3H3;1-3H,(H,8,9,10);4H2,1-3H3;1-4H2;;/q;;;;+1;-1. The molecule has 0 spiro atoms. The van der Waals surface area contributed by atoms with Crippen molar-refractivity contribution in [3.63, 3.8) is 0 Å². The van der Waals surface area contributed by atoms with Gasteiger partial charge in [-0.05, 0) is 66.5 Å². The van der Waals surface area contributed by atoms with Crippen molar-refractivity contribution in [3.8, 4) is 0 Å². The molecule has 4 aromatic heterocycles. The first-order valence-corrected chi connectivity index (χ1v) is 14.4. The number of halogens is 3. The molecule has 5 heterocycles. The van der Waals surface area contributed by atoms with Crippen LogP contribution in [0.2, 0.25) is 10.3 Å². The molecule has 0 atom stereocenters. The molecule has 1 saturated heterocycles. The number of aromatic nitrogens is 6. The van der Waals surface area contributed by atoms with Crippen LogP contribution in [0.5, 0.6) is 0 Å². The van der Waals surface area contributed by atoms with Crippen molar-refractivity contribution in [1.82, 2.24) is 29.5 Å². The van der Waals surface area contributed by atoms with E-state index in [4.69, 9.17) is 44.3 Å². The summed E-state index contributed by atoms with van der Waals surface area (Å²) in [6.45, 7) is 12.9. The number of carbonyl (C=O) groups is 2. The van der Waals surface area contributed by atoms with E-state index in [1.54, 1.807) is 43.8 Å². The molecule has 1 N–H and O–H groups in total. The van der Waals surface area contributed by atoms with E-state index in [1.165, 1.54) is 25.5 Å². The Morgan fingerprint density at radius 2 is 1.47 bits per heavy atom. The van der Waals surface area contributed by atoms with Crippen LogP contribution >= 0.6 is 34.8 Å². The van der Waals surface area contributed by atoms with Gasteiger partial charge in [0.25, 0.3) is 0 Å². The minimum absolute atomic E-state index is 0. The fourth-order valence-corrected chi connectivity index (χ4v) is 3.53. The smallest absolute Gasteiger partial charge is 1.00 e. The van der Waals surface area contributed by atoms with E-state index in [2.05, 4.69) is 29.7 Å². The van der Waals surface area contributed by atoms with Gasteiger partial charge in [-0.2, -0.15) is 0 Å². The molecule has 0 unspecified atom stereocenters. The minimum atomic E-state index is -0.518. The second-order valence-corrected chi connectivity index (χ2v) is 11.9. The monoisotopic (exact) mass is 666 g/mol. The summed E-state index contributed by atoms with van der Waals surface area (Å²) in [5, 5.41) is 2.49. The Morgan fingerprint density at radius 3 is 1.95 bits per heavy atom. The number of carbonyl (C=O) groups excluding carboxylic acids is 2. The van der Waals surface area contributed by atoms with E-state index in [0.29, 0.717) is 16.0 Å². The topological polar surface area (TPSA) is 134 Å². The number of esters is 2. The zero-order valence-electron chi connectivity index (χ0n) is 26.6. The van der Waals surface area contributed by atoms with Gasteiger partial charge in [0.05, 0.1) is 21.6 Å². The van der Waals surface area contributed by atoms with E-state index in [9.17, 15) is 9.59 Å². The summed E-state index contributed by atoms with van der Waals surface area (Å²) in [6, 6.07) is 3.58. The predicted octanol–water partition coefficient (Wildman–Crippen LogP) is 3.93. The predicted molar refractivity (Wildman–Crippen MR) is 164 cm³/mol. The van der Waals surface area contributed by atoms with Crippen LogP contribution in [0.3, 0.4) is 0 Å². The molecule has 0 aromatic carbocycles. The molecule has 5 rings (SSSR count). The van der Waals surface area contributed by atoms with Gasteiger partial charge < -0.3 is 20.6 Å². The number of hydrogen-bond donors (Lipinski definition) is 1. The van der Waals surface area contributed by atoms with Crippen LogP contribution < -0.4 is 29.6 Å². The molecule has 4 aromatic rings. The van der Waals surface area contributed by atoms with E-state index < -0.39 is 10.8 Å². The number of nitrogens with one attached hydrogen (secondary N) is 1. The van der Waals surface area contributed by atoms with E-state index in [-0.39, 0.29) is 55.7 Å². The number of fused-ring (bicyclic) bond motifs is 2. The zero-order valence-corrected chi connectivity index (χ0v) is 29.9. The Morgan fingerprint density at radius 1 is 0.907 bits per heavy atom. The maximum Gasteiger partial charge on any atom is 1.00 e. The summed E-state index contributed by atoms with van der Waals surface area (Å²) in [5.74, 6) is -0.526. The first-order valence-electron chi connectivity index (χ1n) is 13.1. The van der Waals surface area contributed by atoms with E-state index in [1.807, 2.05) is 26.8 Å². The van der Waals surface area contributed by atoms with Gasteiger partial charge in [0, 0.05) is 25.6 Å². The molecule has 0 amide bonds. The molecule has 0 bridgehead atoms. The van der Waals surface area contributed by atoms with Gasteiger partial charge in [0.1, 0.15) is 34.3 Å². The third-order valence-corrected chi connectivity index (χ3v) is 6.10. The molecule has 11 nitrogen and oxygen atoms in total. The Kier molecular flexibility index (Phi) is 17.0. The van der Waals surface area contributed by atoms with Crippen LogP contribution in [0.25, 0.3) is 22.1 Å². The number of hydrogen-bond acceptors (Lipinski definition) is 9. The summed E-state index contributed by atoms with van der Waals surface area (Å²) < 4.78 is 16.4. The number of H-pyrrole nitrogens is 1. The van der Waals surface area contributed by atoms with Gasteiger partial charge in [0.15, 0.2) is 12.8 Å². The minimum Gasteiger partial charge on any atom is -1.00 e. The maximum absolute atomic E-state index is 11.7. The van der Waals surface area contributed by atoms with Gasteiger partial charge in [-0.15, -0.1) is 0 Å². The van der Waals surface area contributed by atoms with Crippen molar-refractivity contribution in [2.75, 3.05) is 19.3 Å². The average Bonchev–Trinajstić information content (AvgIpc) is 3.71. The average molecular weight is 668 g/mol. The zero-order chi connectivity index (χ0) is 31.3. The number of rotatable bonds is 3. The third kappa shape index (κ3) is 13.3. The van der Waals surface area contributed by atoms with Gasteiger partial charge in [0.2, 0.25) is 0 Å². The fourth-order valence-electron chi connectivity index (χ4n) is 3.04. The molecule has 232 valence electrons. The van der Waals surface area contributed by atoms with E-state index in [0.717, 1.165) is 29.6 Å². The Balaban J connectivity index is 0.000000607. The first-order chi connectivity index (χ1) is 19.8. The van der Waals surface area contributed by atoms with Crippen molar-refractivity contribution in [2.45, 2.75) is 61.1 Å². The molecular formula is C28H38Cl3N6NaO5. The molecule has 43 heavy (non-hydrogen) atoms. The number of nitrogens with zero attached hydrogens (tertiary/aromatic N) is 5. The number of ether oxygens (including phenoxy) is 3. The molecular weight excluding hydrogens is 630 g/mol. The maximum atomic E-state index is 11.7. The second kappa shape index (κ2) is 18.7. The van der Waals surface area contributed by atoms with Crippen LogP contribution in [0.15, 0.2) is 37.2 Å². The Bertz CT molecular complexity index is 1430. The van der Waals surface area contributed by atoms with Crippen molar-refractivity contribution in [2.24, 2.45) is 10.8 Å². The largest absolute Gasteiger partial charge is 1.00 e. The Labute approximate surface area is 290 Å². The molecule has 0 saturated carbocycles. The van der Waals surface area contributed by atoms with Crippen molar-refractivity contribution in [1.29, 1.82) is 0 Å². The second-order valence-electron chi connectivity index (χ2n) is 11.0. The van der Waals surface area contributed by atoms with Crippen molar-refractivity contribution < 1.29 is 54.8 Å². The van der Waals surface area contributed by atoms with E-state index >= 15 is 0 Å². The SMILES string of the molecule is C1CCOC1.CC(C)(C)C(=O)OCCl.CC(C)(C)C(=O)OCn1ccc2c(Cl)ncnc21.Clc1ncnc2[nH]ccc12.[H-].[Na+]. The van der Waals surface area contributed by atoms with Gasteiger partial charge in [-0.25, -0.2) is 19.9 Å². The fraction of sp³-hybridized carbons (Fsp3) is 0.500. The van der Waals surface area contributed by atoms with Crippen molar-refractivity contribution in [3.05, 3.63) is 47.5 Å². The van der Waals surface area contributed by atoms with Crippen LogP contribution in [0.4, 0.5) is 0 Å². The summed E-state index contributed by atoms with van der Waals surface area (Å²) in [7, 11) is 0. The quantitative estimate of drug-likeness (QED) is 0.149. The number of aromatic amines is 1. The number of alkyl halides is 1. The first kappa shape index (κ1) is 39.0. The van der Waals surface area contributed by atoms with Crippen molar-refractivity contribution >= 4 is 68.8 Å². The summed E-state index contributed by atoms with van der Waals surface area (Å²) in [5.41, 5.74) is 0.474. The molecule has 1 aliphatic heterocycles. The van der Waals surface area contributed by atoms with Gasteiger partial charge in [-0.3, -0.25) is 14.2 Å². The normalized spacial score (nSPS) is 12.5. The molecule has 1 aliphatic rings. The molecule has 15 heteroatoms. The molecule has 0 radical (unpaired) electrons. The molecule has 0 aliphatic carbocycles. The van der Waals surface area contributed by atoms with Crippen LogP contribution in [0.1, 0.15) is 55.8 Å². The van der Waals surface area contributed by atoms with Crippen LogP contribution in [0, 0.1) is 10.8 Å². The van der Waals surface area contributed by atoms with Crippen LogP contribution in [-0.2, 0) is 30.5 Å². The Hall–Kier alpha value is -1.99. The summed E-state index contributed by atoms with van der Waals surface area (Å²) >= 11 is 16.8. The van der Waals surface area contributed by atoms with Crippen LogP contribution in [-0.4, -0.2) is 60.7 Å². The van der Waals surface area contributed by atoms with Gasteiger partial charge >= 0.3 is 41.5 Å². The third-order valence-electron chi connectivity index (χ3n) is 5.39. The molecule has 1 fully saturated rings. The van der Waals surface area contributed by atoms with Gasteiger partial charge in [-0.1, -0.05) is 34.8 Å². The summed E-state index contributed by atoms with van der Waals surface area (Å²) in [4.78, 5) is 41.1.